The van der Waals surface area contributed by atoms with E-state index in [0.29, 0.717) is 41.7 Å². The largest absolute Gasteiger partial charge is 0.490 e. The minimum atomic E-state index is -5.08. The highest BCUT2D eigenvalue weighted by Gasteiger charge is 2.38. The van der Waals surface area contributed by atoms with Crippen molar-refractivity contribution in [1.29, 1.82) is 0 Å². The van der Waals surface area contributed by atoms with E-state index in [-0.39, 0.29) is 5.82 Å². The maximum absolute atomic E-state index is 13.9. The fourth-order valence-corrected chi connectivity index (χ4v) is 3.57. The molecule has 4 N–H and O–H groups in total. The summed E-state index contributed by atoms with van der Waals surface area (Å²) in [6, 6.07) is 14.2. The first-order valence-electron chi connectivity index (χ1n) is 11.9. The molecule has 0 bridgehead atoms. The molecule has 0 fully saturated rings. The Kier molecular flexibility index (Phi) is 8.43. The van der Waals surface area contributed by atoms with Crippen LogP contribution in [0.3, 0.4) is 0 Å². The van der Waals surface area contributed by atoms with Crippen LogP contribution in [0.15, 0.2) is 54.9 Å². The normalized spacial score (nSPS) is 11.5. The van der Waals surface area contributed by atoms with Crippen LogP contribution in [0.1, 0.15) is 5.82 Å². The molecule has 15 heteroatoms. The third-order valence-electron chi connectivity index (χ3n) is 5.43. The van der Waals surface area contributed by atoms with E-state index in [1.54, 1.807) is 17.0 Å². The molecule has 40 heavy (non-hydrogen) atoms. The van der Waals surface area contributed by atoms with E-state index in [1.807, 2.05) is 44.4 Å². The lowest BCUT2D eigenvalue weighted by molar-refractivity contribution is -0.192. The number of imidazole rings is 2. The van der Waals surface area contributed by atoms with Crippen molar-refractivity contribution in [1.82, 2.24) is 34.4 Å². The molecule has 0 saturated heterocycles. The summed E-state index contributed by atoms with van der Waals surface area (Å²) in [7, 11) is 4.01. The number of nitrogens with zero attached hydrogens (tertiary/aromatic N) is 6. The fraction of sp³-hybridized carbons (Fsp3) is 0.240. The van der Waals surface area contributed by atoms with Crippen LogP contribution in [-0.4, -0.2) is 78.8 Å². The summed E-state index contributed by atoms with van der Waals surface area (Å²) < 4.78 is 47.3. The number of carboxylic acids is 1. The highest BCUT2D eigenvalue weighted by molar-refractivity contribution is 5.85. The van der Waals surface area contributed by atoms with E-state index in [0.717, 1.165) is 23.4 Å². The minimum absolute atomic E-state index is 0.323. The number of anilines is 2. The summed E-state index contributed by atoms with van der Waals surface area (Å²) in [4.78, 5) is 32.7. The van der Waals surface area contributed by atoms with Crippen molar-refractivity contribution in [3.8, 4) is 5.69 Å². The summed E-state index contributed by atoms with van der Waals surface area (Å²) in [5, 5.41) is 13.7. The van der Waals surface area contributed by atoms with Crippen LogP contribution in [0.25, 0.3) is 27.9 Å². The van der Waals surface area contributed by atoms with Gasteiger partial charge in [0, 0.05) is 13.1 Å². The highest BCUT2D eigenvalue weighted by Crippen LogP contribution is 2.24. The number of halogens is 4. The fourth-order valence-electron chi connectivity index (χ4n) is 3.57. The van der Waals surface area contributed by atoms with Crippen molar-refractivity contribution in [2.75, 3.05) is 37.8 Å². The lowest BCUT2D eigenvalue weighted by atomic mass is 10.3. The number of para-hydroxylation sites is 2. The Morgan fingerprint density at radius 3 is 2.50 bits per heavy atom. The molecule has 0 atom stereocenters. The molecule has 5 rings (SSSR count). The molecule has 3 heterocycles. The van der Waals surface area contributed by atoms with E-state index in [1.165, 1.54) is 12.1 Å². The molecule has 2 aromatic carbocycles. The molecule has 3 aromatic heterocycles. The number of nitrogens with one attached hydrogen (secondary N) is 3. The second kappa shape index (κ2) is 11.9. The molecule has 0 amide bonds. The zero-order valence-corrected chi connectivity index (χ0v) is 21.4. The van der Waals surface area contributed by atoms with Gasteiger partial charge < -0.3 is 25.6 Å². The number of aromatic amines is 1. The van der Waals surface area contributed by atoms with Crippen molar-refractivity contribution in [3.63, 3.8) is 0 Å². The number of likely N-dealkylation sites (N-methyl/N-ethyl adjacent to an activating group) is 1. The van der Waals surface area contributed by atoms with Crippen LogP contribution in [-0.2, 0) is 11.3 Å². The van der Waals surface area contributed by atoms with Gasteiger partial charge in [0.05, 0.1) is 23.3 Å². The number of aliphatic carboxylic acids is 1. The summed E-state index contributed by atoms with van der Waals surface area (Å²) >= 11 is 0. The van der Waals surface area contributed by atoms with Gasteiger partial charge in [-0.15, -0.1) is 0 Å². The van der Waals surface area contributed by atoms with Crippen molar-refractivity contribution < 1.29 is 27.5 Å². The molecule has 0 saturated carbocycles. The van der Waals surface area contributed by atoms with Crippen molar-refractivity contribution in [2.24, 2.45) is 0 Å². The Morgan fingerprint density at radius 2 is 1.82 bits per heavy atom. The SMILES string of the molecule is CN(C)CCNc1nc(NCc2nc3ccccc3[nH]2)c2ncn(-c3cccc(F)c3)c2n1.O=C(O)C(F)(F)F. The van der Waals surface area contributed by atoms with Crippen molar-refractivity contribution in [3.05, 3.63) is 66.5 Å². The van der Waals surface area contributed by atoms with Gasteiger partial charge in [-0.25, -0.2) is 19.2 Å². The van der Waals surface area contributed by atoms with E-state index in [4.69, 9.17) is 9.90 Å². The quantitative estimate of drug-likeness (QED) is 0.208. The van der Waals surface area contributed by atoms with E-state index in [9.17, 15) is 17.6 Å². The first-order chi connectivity index (χ1) is 19.0. The number of benzene rings is 2. The predicted molar refractivity (Wildman–Crippen MR) is 141 cm³/mol. The first-order valence-corrected chi connectivity index (χ1v) is 11.9. The number of hydrogen-bond acceptors (Lipinski definition) is 8. The average molecular weight is 560 g/mol. The Labute approximate surface area is 224 Å². The third-order valence-corrected chi connectivity index (χ3v) is 5.43. The Bertz CT molecular complexity index is 1580. The van der Waals surface area contributed by atoms with Crippen LogP contribution in [0.4, 0.5) is 29.3 Å². The lowest BCUT2D eigenvalue weighted by Crippen LogP contribution is -2.21. The number of carbonyl (C=O) groups is 1. The maximum Gasteiger partial charge on any atom is 0.490 e. The van der Waals surface area contributed by atoms with Crippen LogP contribution >= 0.6 is 0 Å². The zero-order chi connectivity index (χ0) is 28.9. The number of aromatic nitrogens is 6. The first kappa shape index (κ1) is 28.2. The van der Waals surface area contributed by atoms with Crippen LogP contribution in [0, 0.1) is 5.82 Å². The van der Waals surface area contributed by atoms with Crippen LogP contribution < -0.4 is 10.6 Å². The number of fused-ring (bicyclic) bond motifs is 2. The van der Waals surface area contributed by atoms with Crippen LogP contribution in [0.2, 0.25) is 0 Å². The molecule has 0 aliphatic rings. The minimum Gasteiger partial charge on any atom is -0.475 e. The van der Waals surface area contributed by atoms with Gasteiger partial charge in [0.1, 0.15) is 18.0 Å². The second-order valence-corrected chi connectivity index (χ2v) is 8.75. The van der Waals surface area contributed by atoms with Gasteiger partial charge in [0.2, 0.25) is 5.95 Å². The van der Waals surface area contributed by atoms with E-state index < -0.39 is 12.1 Å². The number of H-pyrrole nitrogens is 1. The molecular weight excluding hydrogens is 534 g/mol. The smallest absolute Gasteiger partial charge is 0.475 e. The van der Waals surface area contributed by atoms with E-state index in [2.05, 4.69) is 40.5 Å². The maximum atomic E-state index is 13.9. The number of alkyl halides is 3. The number of hydrogen-bond donors (Lipinski definition) is 4. The summed E-state index contributed by atoms with van der Waals surface area (Å²) in [5.74, 6) is -1.25. The van der Waals surface area contributed by atoms with Crippen molar-refractivity contribution in [2.45, 2.75) is 12.7 Å². The topological polar surface area (TPSA) is 137 Å². The van der Waals surface area contributed by atoms with Gasteiger partial charge >= 0.3 is 12.1 Å². The molecular formula is C25H25F4N9O2. The van der Waals surface area contributed by atoms with Gasteiger partial charge in [-0.05, 0) is 44.4 Å². The molecule has 0 spiro atoms. The highest BCUT2D eigenvalue weighted by atomic mass is 19.4. The number of carboxylic acid groups (broad SMARTS) is 1. The molecule has 0 radical (unpaired) electrons. The average Bonchev–Trinajstić information content (AvgIpc) is 3.51. The zero-order valence-electron chi connectivity index (χ0n) is 21.4. The Balaban J connectivity index is 0.000000470. The molecule has 0 unspecified atom stereocenters. The summed E-state index contributed by atoms with van der Waals surface area (Å²) in [6.45, 7) is 1.94. The van der Waals surface area contributed by atoms with E-state index >= 15 is 0 Å². The standard InChI is InChI=1S/C23H24FN9.C2HF3O2/c1-32(2)11-10-25-23-30-21(26-13-19-28-17-8-3-4-9-18(17)29-19)20-22(31-23)33(14-27-20)16-7-5-6-15(24)12-16;3-2(4,5)1(6)7/h3-9,12,14H,10-11,13H2,1-2H3,(H,28,29)(H2,25,26,30,31);(H,6,7). The predicted octanol–water partition coefficient (Wildman–Crippen LogP) is 4.05. The van der Waals surface area contributed by atoms with Crippen molar-refractivity contribution >= 4 is 39.9 Å². The second-order valence-electron chi connectivity index (χ2n) is 8.75. The summed E-state index contributed by atoms with van der Waals surface area (Å²) in [5.41, 5.74) is 3.69. The van der Waals surface area contributed by atoms with Gasteiger partial charge in [-0.3, -0.25) is 4.57 Å². The Morgan fingerprint density at radius 1 is 1.07 bits per heavy atom. The molecule has 0 aliphatic carbocycles. The molecule has 0 aliphatic heterocycles. The van der Waals surface area contributed by atoms with Gasteiger partial charge in [0.25, 0.3) is 0 Å². The van der Waals surface area contributed by atoms with Crippen LogP contribution in [0.5, 0.6) is 0 Å². The molecule has 5 aromatic rings. The van der Waals surface area contributed by atoms with Gasteiger partial charge in [-0.1, -0.05) is 18.2 Å². The monoisotopic (exact) mass is 559 g/mol. The number of rotatable bonds is 8. The van der Waals surface area contributed by atoms with Gasteiger partial charge in [-0.2, -0.15) is 23.1 Å². The lowest BCUT2D eigenvalue weighted by Gasteiger charge is -2.12. The van der Waals surface area contributed by atoms with Gasteiger partial charge in [0.15, 0.2) is 17.0 Å². The molecule has 11 nitrogen and oxygen atoms in total. The molecule has 210 valence electrons. The Hall–Kier alpha value is -4.79. The third kappa shape index (κ3) is 6.99. The summed E-state index contributed by atoms with van der Waals surface area (Å²) in [6.07, 6.45) is -3.45.